The third-order valence-electron chi connectivity index (χ3n) is 4.03. The number of hydrogen-bond donors (Lipinski definition) is 1. The predicted octanol–water partition coefficient (Wildman–Crippen LogP) is 2.59. The molecule has 1 N–H and O–H groups in total. The van der Waals surface area contributed by atoms with Crippen LogP contribution in [0.5, 0.6) is 0 Å². The zero-order valence-electron chi connectivity index (χ0n) is 11.6. The zero-order chi connectivity index (χ0) is 15.6. The number of rotatable bonds is 3. The number of likely N-dealkylation sites (tertiary alicyclic amines) is 1. The fourth-order valence-electron chi connectivity index (χ4n) is 2.66. The van der Waals surface area contributed by atoms with E-state index in [-0.39, 0.29) is 17.3 Å². The molecule has 2 rings (SSSR count). The number of nitrogens with zero attached hydrogens (tertiary/aromatic N) is 2. The molecule has 5 nitrogen and oxygen atoms in total. The maximum Gasteiger partial charge on any atom is 0.311 e. The Morgan fingerprint density at radius 1 is 1.57 bits per heavy atom. The van der Waals surface area contributed by atoms with Crippen LogP contribution in [-0.2, 0) is 4.79 Å². The molecule has 0 spiro atoms. The van der Waals surface area contributed by atoms with Gasteiger partial charge in [0, 0.05) is 13.1 Å². The molecule has 1 atom stereocenters. The van der Waals surface area contributed by atoms with E-state index in [0.717, 1.165) is 12.3 Å². The van der Waals surface area contributed by atoms with E-state index in [4.69, 9.17) is 11.6 Å². The van der Waals surface area contributed by atoms with Crippen LogP contribution in [0.4, 0.5) is 4.39 Å². The van der Waals surface area contributed by atoms with E-state index < -0.39 is 23.1 Å². The van der Waals surface area contributed by atoms with Gasteiger partial charge in [0.25, 0.3) is 5.91 Å². The number of carboxylic acids is 1. The Hall–Kier alpha value is -1.69. The van der Waals surface area contributed by atoms with Gasteiger partial charge in [0.05, 0.1) is 17.2 Å². The molecule has 21 heavy (non-hydrogen) atoms. The Morgan fingerprint density at radius 3 is 2.90 bits per heavy atom. The van der Waals surface area contributed by atoms with Gasteiger partial charge in [0.1, 0.15) is 11.0 Å². The molecule has 1 fully saturated rings. The van der Waals surface area contributed by atoms with Gasteiger partial charge in [-0.1, -0.05) is 18.5 Å². The maximum atomic E-state index is 13.2. The standard InChI is InChI=1S/C14H16ClFN2O3/c1-2-14(13(20)21)4-3-5-18(8-14)12(19)10-6-9(16)7-17-11(10)15/h6-7H,2-5,8H2,1H3,(H,20,21). The van der Waals surface area contributed by atoms with Crippen LogP contribution in [0.15, 0.2) is 12.3 Å². The highest BCUT2D eigenvalue weighted by molar-refractivity contribution is 6.32. The van der Waals surface area contributed by atoms with Crippen molar-refractivity contribution in [3.63, 3.8) is 0 Å². The Bertz CT molecular complexity index is 581. The molecule has 1 saturated heterocycles. The number of pyridine rings is 1. The third-order valence-corrected chi connectivity index (χ3v) is 4.33. The normalized spacial score (nSPS) is 22.1. The Morgan fingerprint density at radius 2 is 2.29 bits per heavy atom. The second kappa shape index (κ2) is 5.97. The van der Waals surface area contributed by atoms with Crippen molar-refractivity contribution < 1.29 is 19.1 Å². The van der Waals surface area contributed by atoms with E-state index in [1.54, 1.807) is 6.92 Å². The van der Waals surface area contributed by atoms with Gasteiger partial charge >= 0.3 is 5.97 Å². The molecule has 0 bridgehead atoms. The van der Waals surface area contributed by atoms with Crippen molar-refractivity contribution in [1.82, 2.24) is 9.88 Å². The quantitative estimate of drug-likeness (QED) is 0.871. The lowest BCUT2D eigenvalue weighted by Crippen LogP contribution is -2.49. The molecule has 7 heteroatoms. The van der Waals surface area contributed by atoms with Gasteiger partial charge in [-0.25, -0.2) is 9.37 Å². The van der Waals surface area contributed by atoms with Crippen LogP contribution < -0.4 is 0 Å². The summed E-state index contributed by atoms with van der Waals surface area (Å²) in [6, 6.07) is 1.03. The number of carbonyl (C=O) groups is 2. The molecule has 2 heterocycles. The van der Waals surface area contributed by atoms with Gasteiger partial charge in [-0.2, -0.15) is 0 Å². The number of piperidine rings is 1. The number of carboxylic acid groups (broad SMARTS) is 1. The first kappa shape index (κ1) is 15.7. The van der Waals surface area contributed by atoms with E-state index in [0.29, 0.717) is 25.8 Å². The number of carbonyl (C=O) groups excluding carboxylic acids is 1. The van der Waals surface area contributed by atoms with Gasteiger partial charge in [-0.15, -0.1) is 0 Å². The van der Waals surface area contributed by atoms with Gasteiger partial charge in [-0.3, -0.25) is 9.59 Å². The highest BCUT2D eigenvalue weighted by atomic mass is 35.5. The van der Waals surface area contributed by atoms with Crippen molar-refractivity contribution in [1.29, 1.82) is 0 Å². The number of aliphatic carboxylic acids is 1. The van der Waals surface area contributed by atoms with E-state index in [2.05, 4.69) is 4.98 Å². The fraction of sp³-hybridized carbons (Fsp3) is 0.500. The molecule has 1 aromatic heterocycles. The first-order valence-electron chi connectivity index (χ1n) is 6.73. The van der Waals surface area contributed by atoms with Crippen molar-refractivity contribution in [2.75, 3.05) is 13.1 Å². The molecule has 0 aromatic carbocycles. The predicted molar refractivity (Wildman–Crippen MR) is 74.7 cm³/mol. The summed E-state index contributed by atoms with van der Waals surface area (Å²) in [4.78, 5) is 29.0. The summed E-state index contributed by atoms with van der Waals surface area (Å²) in [6.07, 6.45) is 2.48. The lowest BCUT2D eigenvalue weighted by atomic mass is 9.77. The van der Waals surface area contributed by atoms with Crippen LogP contribution in [0.25, 0.3) is 0 Å². The minimum atomic E-state index is -0.943. The number of hydrogen-bond acceptors (Lipinski definition) is 3. The van der Waals surface area contributed by atoms with E-state index >= 15 is 0 Å². The summed E-state index contributed by atoms with van der Waals surface area (Å²) >= 11 is 5.84. The van der Waals surface area contributed by atoms with E-state index in [9.17, 15) is 19.1 Å². The van der Waals surface area contributed by atoms with Crippen LogP contribution in [0.1, 0.15) is 36.5 Å². The topological polar surface area (TPSA) is 70.5 Å². The summed E-state index contributed by atoms with van der Waals surface area (Å²) in [5.41, 5.74) is -0.977. The molecule has 0 saturated carbocycles. The summed E-state index contributed by atoms with van der Waals surface area (Å²) in [5, 5.41) is 9.34. The molecule has 1 aliphatic heterocycles. The summed E-state index contributed by atoms with van der Waals surface area (Å²) in [7, 11) is 0. The molecule has 0 radical (unpaired) electrons. The van der Waals surface area contributed by atoms with Crippen LogP contribution in [-0.4, -0.2) is 40.0 Å². The Kier molecular flexibility index (Phi) is 4.46. The summed E-state index contributed by atoms with van der Waals surface area (Å²) in [6.45, 7) is 2.32. The van der Waals surface area contributed by atoms with Gasteiger partial charge in [0.2, 0.25) is 0 Å². The molecule has 0 aliphatic carbocycles. The second-order valence-corrected chi connectivity index (χ2v) is 5.62. The molecule has 1 aromatic rings. The van der Waals surface area contributed by atoms with Gasteiger partial charge in [-0.05, 0) is 25.3 Å². The highest BCUT2D eigenvalue weighted by Gasteiger charge is 2.42. The molecule has 114 valence electrons. The largest absolute Gasteiger partial charge is 0.481 e. The minimum Gasteiger partial charge on any atom is -0.481 e. The highest BCUT2D eigenvalue weighted by Crippen LogP contribution is 2.34. The van der Waals surface area contributed by atoms with Crippen LogP contribution in [0, 0.1) is 11.2 Å². The van der Waals surface area contributed by atoms with Gasteiger partial charge < -0.3 is 10.0 Å². The summed E-state index contributed by atoms with van der Waals surface area (Å²) < 4.78 is 13.2. The average molecular weight is 315 g/mol. The Balaban J connectivity index is 2.27. The third kappa shape index (κ3) is 3.00. The van der Waals surface area contributed by atoms with E-state index in [1.807, 2.05) is 0 Å². The molecule has 1 aliphatic rings. The minimum absolute atomic E-state index is 0.0334. The van der Waals surface area contributed by atoms with Crippen LogP contribution in [0.2, 0.25) is 5.15 Å². The second-order valence-electron chi connectivity index (χ2n) is 5.26. The van der Waals surface area contributed by atoms with Crippen molar-refractivity contribution in [3.8, 4) is 0 Å². The molecule has 1 amide bonds. The van der Waals surface area contributed by atoms with Gasteiger partial charge in [0.15, 0.2) is 0 Å². The zero-order valence-corrected chi connectivity index (χ0v) is 12.4. The van der Waals surface area contributed by atoms with E-state index in [1.165, 1.54) is 4.90 Å². The average Bonchev–Trinajstić information content (AvgIpc) is 2.48. The first-order valence-corrected chi connectivity index (χ1v) is 7.11. The number of halogens is 2. The number of amides is 1. The SMILES string of the molecule is CCC1(C(=O)O)CCCN(C(=O)c2cc(F)cnc2Cl)C1. The monoisotopic (exact) mass is 314 g/mol. The van der Waals surface area contributed by atoms with Crippen LogP contribution >= 0.6 is 11.6 Å². The first-order chi connectivity index (χ1) is 9.89. The van der Waals surface area contributed by atoms with Crippen molar-refractivity contribution >= 4 is 23.5 Å². The summed E-state index contributed by atoms with van der Waals surface area (Å²) in [5.74, 6) is -2.04. The molecule has 1 unspecified atom stereocenters. The molecular weight excluding hydrogens is 299 g/mol. The van der Waals surface area contributed by atoms with Crippen molar-refractivity contribution in [3.05, 3.63) is 28.8 Å². The lowest BCUT2D eigenvalue weighted by Gasteiger charge is -2.39. The number of aromatic nitrogens is 1. The van der Waals surface area contributed by atoms with Crippen LogP contribution in [0.3, 0.4) is 0 Å². The Labute approximate surface area is 126 Å². The maximum absolute atomic E-state index is 13.2. The van der Waals surface area contributed by atoms with Crippen molar-refractivity contribution in [2.24, 2.45) is 5.41 Å². The fourth-order valence-corrected chi connectivity index (χ4v) is 2.85. The lowest BCUT2D eigenvalue weighted by molar-refractivity contribution is -0.152. The molecular formula is C14H16ClFN2O3. The smallest absolute Gasteiger partial charge is 0.311 e. The van der Waals surface area contributed by atoms with Crippen molar-refractivity contribution in [2.45, 2.75) is 26.2 Å².